The van der Waals surface area contributed by atoms with Crippen molar-refractivity contribution >= 4 is 38.0 Å². The van der Waals surface area contributed by atoms with Gasteiger partial charge >= 0.3 is 0 Å². The Labute approximate surface area is 130 Å². The highest BCUT2D eigenvalue weighted by atomic mass is 32.1. The molecule has 0 amide bonds. The minimum Gasteiger partial charge on any atom is -0.338 e. The summed E-state index contributed by atoms with van der Waals surface area (Å²) < 4.78 is 2.61. The van der Waals surface area contributed by atoms with Gasteiger partial charge in [0.05, 0.1) is 4.88 Å². The zero-order valence-electron chi connectivity index (χ0n) is 11.7. The third kappa shape index (κ3) is 2.35. The van der Waals surface area contributed by atoms with Gasteiger partial charge in [0.25, 0.3) is 0 Å². The van der Waals surface area contributed by atoms with E-state index in [2.05, 4.69) is 44.5 Å². The fourth-order valence-electron chi connectivity index (χ4n) is 2.67. The summed E-state index contributed by atoms with van der Waals surface area (Å²) in [6, 6.07) is 4.53. The number of hydrogen-bond donors (Lipinski definition) is 2. The quantitative estimate of drug-likeness (QED) is 0.762. The molecule has 1 fully saturated rings. The molecular formula is C14H17N5S2. The van der Waals surface area contributed by atoms with E-state index in [-0.39, 0.29) is 6.04 Å². The second kappa shape index (κ2) is 5.08. The maximum atomic E-state index is 6.16. The molecule has 0 spiro atoms. The van der Waals surface area contributed by atoms with Crippen LogP contribution in [0.3, 0.4) is 0 Å². The lowest BCUT2D eigenvalue weighted by Crippen LogP contribution is -2.48. The third-order valence-corrected chi connectivity index (χ3v) is 6.25. The molecule has 0 radical (unpaired) electrons. The molecule has 2 atom stereocenters. The van der Waals surface area contributed by atoms with E-state index in [1.54, 1.807) is 22.7 Å². The Morgan fingerprint density at radius 2 is 2.33 bits per heavy atom. The molecule has 110 valence electrons. The van der Waals surface area contributed by atoms with Gasteiger partial charge in [-0.25, -0.2) is 0 Å². The molecule has 4 rings (SSSR count). The van der Waals surface area contributed by atoms with Gasteiger partial charge in [-0.15, -0.1) is 27.8 Å². The van der Waals surface area contributed by atoms with E-state index in [9.17, 15) is 0 Å². The first-order valence-electron chi connectivity index (χ1n) is 7.11. The smallest absolute Gasteiger partial charge is 0.245 e. The Bertz CT molecular complexity index is 730. The summed E-state index contributed by atoms with van der Waals surface area (Å²) in [7, 11) is 0. The Morgan fingerprint density at radius 3 is 3.14 bits per heavy atom. The second-order valence-electron chi connectivity index (χ2n) is 5.62. The number of rotatable bonds is 2. The van der Waals surface area contributed by atoms with Crippen LogP contribution in [0.2, 0.25) is 0 Å². The summed E-state index contributed by atoms with van der Waals surface area (Å²) in [5, 5.41) is 9.56. The van der Waals surface area contributed by atoms with Crippen molar-refractivity contribution in [3.05, 3.63) is 17.5 Å². The maximum absolute atomic E-state index is 6.16. The number of nitrogens with zero attached hydrogens (tertiary/aromatic N) is 3. The second-order valence-corrected chi connectivity index (χ2v) is 7.65. The first-order valence-corrected chi connectivity index (χ1v) is 8.80. The van der Waals surface area contributed by atoms with Crippen molar-refractivity contribution in [2.75, 3.05) is 18.0 Å². The SMILES string of the molecule is CC1CCN(c2n[nH]c(-c3cc4sccc4s3)n2)CC1N. The van der Waals surface area contributed by atoms with Crippen LogP contribution in [0.5, 0.6) is 0 Å². The van der Waals surface area contributed by atoms with E-state index >= 15 is 0 Å². The standard InChI is InChI=1S/C14H17N5S2/c1-8-2-4-19(7-9(8)15)14-16-13(17-18-14)12-6-11-10(21-12)3-5-20-11/h3,5-6,8-9H,2,4,7,15H2,1H3,(H,16,17,18). The van der Waals surface area contributed by atoms with Gasteiger partial charge in [0.15, 0.2) is 5.82 Å². The van der Waals surface area contributed by atoms with Crippen molar-refractivity contribution in [3.63, 3.8) is 0 Å². The van der Waals surface area contributed by atoms with E-state index < -0.39 is 0 Å². The number of nitrogens with two attached hydrogens (primary N) is 1. The zero-order valence-corrected chi connectivity index (χ0v) is 13.4. The first-order chi connectivity index (χ1) is 10.2. The molecule has 5 nitrogen and oxygen atoms in total. The summed E-state index contributed by atoms with van der Waals surface area (Å²) in [5.74, 6) is 2.19. The van der Waals surface area contributed by atoms with E-state index in [4.69, 9.17) is 5.73 Å². The average Bonchev–Trinajstić information content (AvgIpc) is 3.14. The van der Waals surface area contributed by atoms with E-state index in [1.165, 1.54) is 9.40 Å². The Hall–Kier alpha value is -1.44. The van der Waals surface area contributed by atoms with Gasteiger partial charge in [0.2, 0.25) is 5.95 Å². The normalized spacial score (nSPS) is 23.0. The predicted octanol–water partition coefficient (Wildman–Crippen LogP) is 2.92. The van der Waals surface area contributed by atoms with Crippen LogP contribution < -0.4 is 10.6 Å². The molecular weight excluding hydrogens is 302 g/mol. The van der Waals surface area contributed by atoms with Gasteiger partial charge < -0.3 is 10.6 Å². The third-order valence-electron chi connectivity index (χ3n) is 4.15. The van der Waals surface area contributed by atoms with Gasteiger partial charge in [0.1, 0.15) is 0 Å². The molecule has 1 aliphatic rings. The molecule has 1 aliphatic heterocycles. The van der Waals surface area contributed by atoms with Gasteiger partial charge in [-0.1, -0.05) is 6.92 Å². The number of anilines is 1. The topological polar surface area (TPSA) is 70.8 Å². The minimum atomic E-state index is 0.202. The number of aromatic nitrogens is 3. The lowest BCUT2D eigenvalue weighted by Gasteiger charge is -2.34. The molecule has 4 heterocycles. The molecule has 7 heteroatoms. The summed E-state index contributed by atoms with van der Waals surface area (Å²) in [6.07, 6.45) is 1.10. The van der Waals surface area contributed by atoms with Gasteiger partial charge in [-0.3, -0.25) is 5.10 Å². The highest BCUT2D eigenvalue weighted by molar-refractivity contribution is 7.28. The van der Waals surface area contributed by atoms with Crippen molar-refractivity contribution in [2.24, 2.45) is 11.7 Å². The largest absolute Gasteiger partial charge is 0.338 e. The van der Waals surface area contributed by atoms with Crippen molar-refractivity contribution < 1.29 is 0 Å². The lowest BCUT2D eigenvalue weighted by atomic mass is 9.95. The highest BCUT2D eigenvalue weighted by Gasteiger charge is 2.25. The van der Waals surface area contributed by atoms with Gasteiger partial charge in [-0.2, -0.15) is 4.98 Å². The molecule has 3 N–H and O–H groups in total. The minimum absolute atomic E-state index is 0.202. The number of nitrogens with one attached hydrogen (secondary N) is 1. The summed E-state index contributed by atoms with van der Waals surface area (Å²) >= 11 is 3.51. The number of fused-ring (bicyclic) bond motifs is 1. The predicted molar refractivity (Wildman–Crippen MR) is 89.0 cm³/mol. The molecule has 3 aromatic heterocycles. The number of piperidine rings is 1. The highest BCUT2D eigenvalue weighted by Crippen LogP contribution is 2.35. The summed E-state index contributed by atoms with van der Waals surface area (Å²) in [5.41, 5.74) is 6.16. The maximum Gasteiger partial charge on any atom is 0.245 e. The van der Waals surface area contributed by atoms with Crippen LogP contribution >= 0.6 is 22.7 Å². The number of H-pyrrole nitrogens is 1. The van der Waals surface area contributed by atoms with Crippen molar-refractivity contribution in [1.29, 1.82) is 0 Å². The zero-order chi connectivity index (χ0) is 14.4. The van der Waals surface area contributed by atoms with Gasteiger partial charge in [0, 0.05) is 28.5 Å². The fourth-order valence-corrected chi connectivity index (χ4v) is 4.72. The molecule has 0 bridgehead atoms. The number of hydrogen-bond acceptors (Lipinski definition) is 6. The molecule has 0 aromatic carbocycles. The van der Waals surface area contributed by atoms with Crippen molar-refractivity contribution in [2.45, 2.75) is 19.4 Å². The summed E-state index contributed by atoms with van der Waals surface area (Å²) in [6.45, 7) is 4.02. The monoisotopic (exact) mass is 319 g/mol. The molecule has 0 saturated carbocycles. The van der Waals surface area contributed by atoms with Crippen LogP contribution in [0.15, 0.2) is 17.5 Å². The van der Waals surface area contributed by atoms with Crippen LogP contribution in [0.1, 0.15) is 13.3 Å². The average molecular weight is 319 g/mol. The van der Waals surface area contributed by atoms with Crippen LogP contribution in [0, 0.1) is 5.92 Å². The first kappa shape index (κ1) is 13.2. The van der Waals surface area contributed by atoms with E-state index in [0.717, 1.165) is 36.2 Å². The van der Waals surface area contributed by atoms with Crippen LogP contribution in [0.4, 0.5) is 5.95 Å². The number of aromatic amines is 1. The molecule has 2 unspecified atom stereocenters. The molecule has 21 heavy (non-hydrogen) atoms. The van der Waals surface area contributed by atoms with Crippen LogP contribution in [-0.4, -0.2) is 34.3 Å². The summed E-state index contributed by atoms with van der Waals surface area (Å²) in [4.78, 5) is 7.98. The number of thiophene rings is 2. The van der Waals surface area contributed by atoms with Crippen LogP contribution in [0.25, 0.3) is 20.1 Å². The van der Waals surface area contributed by atoms with Crippen molar-refractivity contribution in [3.8, 4) is 10.7 Å². The Balaban J connectivity index is 1.59. The van der Waals surface area contributed by atoms with E-state index in [0.29, 0.717) is 5.92 Å². The Kier molecular flexibility index (Phi) is 3.20. The van der Waals surface area contributed by atoms with E-state index in [1.807, 2.05) is 0 Å². The Morgan fingerprint density at radius 1 is 1.43 bits per heavy atom. The van der Waals surface area contributed by atoms with Gasteiger partial charge in [-0.05, 0) is 29.9 Å². The lowest BCUT2D eigenvalue weighted by molar-refractivity contribution is 0.376. The molecule has 0 aliphatic carbocycles. The molecule has 3 aromatic rings. The van der Waals surface area contributed by atoms with Crippen molar-refractivity contribution in [1.82, 2.24) is 15.2 Å². The van der Waals surface area contributed by atoms with Crippen LogP contribution in [-0.2, 0) is 0 Å². The fraction of sp³-hybridized carbons (Fsp3) is 0.429. The molecule has 1 saturated heterocycles.